The maximum absolute atomic E-state index is 14.0. The molecule has 0 saturated heterocycles. The van der Waals surface area contributed by atoms with Gasteiger partial charge in [-0.15, -0.1) is 0 Å². The summed E-state index contributed by atoms with van der Waals surface area (Å²) in [5.41, 5.74) is -1.12. The minimum Gasteiger partial charge on any atom is -0.478 e. The lowest BCUT2D eigenvalue weighted by Crippen LogP contribution is -2.38. The number of aliphatic carboxylic acids is 1. The van der Waals surface area contributed by atoms with E-state index in [9.17, 15) is 23.8 Å². The van der Waals surface area contributed by atoms with E-state index in [1.54, 1.807) is 6.92 Å². The molecule has 0 amide bonds. The Morgan fingerprint density at radius 2 is 1.95 bits per heavy atom. The Bertz CT molecular complexity index is 637. The summed E-state index contributed by atoms with van der Waals surface area (Å²) < 4.78 is 28.0. The van der Waals surface area contributed by atoms with Gasteiger partial charge in [-0.25, -0.2) is 13.6 Å². The third kappa shape index (κ3) is 2.64. The van der Waals surface area contributed by atoms with Gasteiger partial charge in [0, 0.05) is 6.54 Å². The Labute approximate surface area is 124 Å². The second kappa shape index (κ2) is 5.83. The Morgan fingerprint density at radius 3 is 2.43 bits per heavy atom. The first-order chi connectivity index (χ1) is 9.88. The Kier molecular flexibility index (Phi) is 4.29. The number of hydrogen-bond donors (Lipinski definition) is 2. The average molecular weight is 316 g/mol. The van der Waals surface area contributed by atoms with E-state index in [4.69, 9.17) is 11.6 Å². The fraction of sp³-hybridized carbons (Fsp3) is 0.214. The molecule has 7 heteroatoms. The van der Waals surface area contributed by atoms with Crippen molar-refractivity contribution in [3.63, 3.8) is 0 Å². The van der Waals surface area contributed by atoms with Crippen LogP contribution in [-0.2, 0) is 4.79 Å². The molecule has 0 spiro atoms. The summed E-state index contributed by atoms with van der Waals surface area (Å²) in [6.45, 7) is 1.72. The zero-order chi connectivity index (χ0) is 15.7. The fourth-order valence-corrected chi connectivity index (χ4v) is 2.43. The number of nitrogens with zero attached hydrogens (tertiary/aromatic N) is 1. The van der Waals surface area contributed by atoms with Crippen molar-refractivity contribution in [1.29, 1.82) is 0 Å². The summed E-state index contributed by atoms with van der Waals surface area (Å²) in [7, 11) is 0. The molecule has 0 saturated carbocycles. The van der Waals surface area contributed by atoms with E-state index in [2.05, 4.69) is 0 Å². The molecular formula is C14H12ClF2NO3. The minimum absolute atomic E-state index is 0.116. The first kappa shape index (κ1) is 15.5. The van der Waals surface area contributed by atoms with Gasteiger partial charge >= 0.3 is 5.97 Å². The van der Waals surface area contributed by atoms with Gasteiger partial charge in [-0.2, -0.15) is 0 Å². The predicted octanol–water partition coefficient (Wildman–Crippen LogP) is 2.54. The van der Waals surface area contributed by atoms with E-state index in [0.717, 1.165) is 23.1 Å². The van der Waals surface area contributed by atoms with E-state index in [0.29, 0.717) is 0 Å². The van der Waals surface area contributed by atoms with Crippen LogP contribution in [0.15, 0.2) is 34.9 Å². The van der Waals surface area contributed by atoms with Gasteiger partial charge in [0.2, 0.25) is 0 Å². The smallest absolute Gasteiger partial charge is 0.337 e. The molecule has 2 rings (SSSR count). The molecule has 1 aromatic rings. The van der Waals surface area contributed by atoms with Crippen LogP contribution in [0, 0.1) is 11.6 Å². The van der Waals surface area contributed by atoms with E-state index in [1.165, 1.54) is 6.07 Å². The third-order valence-corrected chi connectivity index (χ3v) is 3.44. The van der Waals surface area contributed by atoms with E-state index in [1.807, 2.05) is 0 Å². The number of benzene rings is 1. The van der Waals surface area contributed by atoms with Crippen LogP contribution < -0.4 is 0 Å². The molecule has 0 aromatic heterocycles. The summed E-state index contributed by atoms with van der Waals surface area (Å²) >= 11 is 5.80. The molecule has 4 nitrogen and oxygen atoms in total. The Morgan fingerprint density at radius 1 is 1.38 bits per heavy atom. The van der Waals surface area contributed by atoms with Crippen LogP contribution in [-0.4, -0.2) is 33.9 Å². The van der Waals surface area contributed by atoms with Gasteiger partial charge in [-0.1, -0.05) is 17.7 Å². The lowest BCUT2D eigenvalue weighted by atomic mass is 9.99. The second-order valence-electron chi connectivity index (χ2n) is 4.35. The molecule has 2 N–H and O–H groups in total. The van der Waals surface area contributed by atoms with Gasteiger partial charge in [0.05, 0.1) is 21.9 Å². The average Bonchev–Trinajstić information content (AvgIpc) is 2.42. The van der Waals surface area contributed by atoms with Crippen LogP contribution >= 0.6 is 11.6 Å². The van der Waals surface area contributed by atoms with Crippen LogP contribution in [0.5, 0.6) is 0 Å². The highest BCUT2D eigenvalue weighted by molar-refractivity contribution is 6.31. The number of carbonyl (C=O) groups is 1. The summed E-state index contributed by atoms with van der Waals surface area (Å²) in [6.07, 6.45) is -0.351. The molecule has 1 aromatic carbocycles. The van der Waals surface area contributed by atoms with Crippen molar-refractivity contribution in [1.82, 2.24) is 4.90 Å². The minimum atomic E-state index is -1.39. The summed E-state index contributed by atoms with van der Waals surface area (Å²) in [5.74, 6) is -3.22. The topological polar surface area (TPSA) is 60.8 Å². The molecule has 21 heavy (non-hydrogen) atoms. The number of likely N-dealkylation sites (N-methyl/N-ethyl adjacent to an activating group) is 1. The van der Waals surface area contributed by atoms with Crippen molar-refractivity contribution in [2.75, 3.05) is 6.54 Å². The van der Waals surface area contributed by atoms with Crippen LogP contribution in [0.3, 0.4) is 0 Å². The van der Waals surface area contributed by atoms with Crippen molar-refractivity contribution < 1.29 is 23.8 Å². The van der Waals surface area contributed by atoms with Crippen LogP contribution in [0.1, 0.15) is 12.5 Å². The maximum Gasteiger partial charge on any atom is 0.337 e. The zero-order valence-electron chi connectivity index (χ0n) is 11.0. The SMILES string of the molecule is CCN1C(c2c(F)cccc2F)=C(C(=O)O)C=C(Cl)C1O. The molecule has 1 aliphatic heterocycles. The fourth-order valence-electron chi connectivity index (χ4n) is 2.20. The number of rotatable bonds is 3. The first-order valence-corrected chi connectivity index (χ1v) is 6.50. The largest absolute Gasteiger partial charge is 0.478 e. The standard InChI is InChI=1S/C14H12ClF2NO3/c1-2-18-12(11-9(16)4-3-5-10(11)17)7(14(20)21)6-8(15)13(18)19/h3-6,13,19H,2H2,1H3,(H,20,21). The monoisotopic (exact) mass is 315 g/mol. The molecule has 112 valence electrons. The van der Waals surface area contributed by atoms with Crippen molar-refractivity contribution in [2.24, 2.45) is 0 Å². The molecule has 0 bridgehead atoms. The van der Waals surface area contributed by atoms with E-state index in [-0.39, 0.29) is 22.8 Å². The van der Waals surface area contributed by atoms with Crippen molar-refractivity contribution >= 4 is 23.3 Å². The molecule has 0 fully saturated rings. The van der Waals surface area contributed by atoms with E-state index >= 15 is 0 Å². The second-order valence-corrected chi connectivity index (χ2v) is 4.79. The van der Waals surface area contributed by atoms with Gasteiger partial charge in [0.1, 0.15) is 11.6 Å². The third-order valence-electron chi connectivity index (χ3n) is 3.14. The van der Waals surface area contributed by atoms with Gasteiger partial charge in [0.15, 0.2) is 6.23 Å². The zero-order valence-corrected chi connectivity index (χ0v) is 11.7. The van der Waals surface area contributed by atoms with Gasteiger partial charge < -0.3 is 15.1 Å². The molecule has 0 radical (unpaired) electrons. The summed E-state index contributed by atoms with van der Waals surface area (Å²) in [5, 5.41) is 19.1. The Balaban J connectivity index is 2.80. The van der Waals surface area contributed by atoms with Crippen LogP contribution in [0.2, 0.25) is 0 Å². The van der Waals surface area contributed by atoms with Gasteiger partial charge in [-0.05, 0) is 25.1 Å². The molecule has 1 atom stereocenters. The quantitative estimate of drug-likeness (QED) is 0.900. The summed E-state index contributed by atoms with van der Waals surface area (Å²) in [4.78, 5) is 12.5. The van der Waals surface area contributed by atoms with Gasteiger partial charge in [-0.3, -0.25) is 0 Å². The lowest BCUT2D eigenvalue weighted by Gasteiger charge is -2.35. The van der Waals surface area contributed by atoms with Crippen molar-refractivity contribution in [3.8, 4) is 0 Å². The van der Waals surface area contributed by atoms with Crippen LogP contribution in [0.4, 0.5) is 8.78 Å². The number of aliphatic hydroxyl groups excluding tert-OH is 1. The highest BCUT2D eigenvalue weighted by atomic mass is 35.5. The first-order valence-electron chi connectivity index (χ1n) is 6.12. The molecule has 0 aliphatic carbocycles. The normalized spacial score (nSPS) is 18.8. The number of hydrogen-bond acceptors (Lipinski definition) is 3. The predicted molar refractivity (Wildman–Crippen MR) is 73.2 cm³/mol. The van der Waals surface area contributed by atoms with Crippen molar-refractivity contribution in [2.45, 2.75) is 13.2 Å². The van der Waals surface area contributed by atoms with Crippen LogP contribution in [0.25, 0.3) is 5.70 Å². The van der Waals surface area contributed by atoms with E-state index < -0.39 is 29.4 Å². The molecule has 1 aliphatic rings. The lowest BCUT2D eigenvalue weighted by molar-refractivity contribution is -0.132. The maximum atomic E-state index is 14.0. The molecule has 1 unspecified atom stereocenters. The number of halogens is 3. The number of carboxylic acids is 1. The molecule has 1 heterocycles. The number of carboxylic acid groups (broad SMARTS) is 1. The highest BCUT2D eigenvalue weighted by Crippen LogP contribution is 2.36. The van der Waals surface area contributed by atoms with Gasteiger partial charge in [0.25, 0.3) is 0 Å². The number of aliphatic hydroxyl groups is 1. The van der Waals surface area contributed by atoms with Crippen molar-refractivity contribution in [3.05, 3.63) is 52.1 Å². The summed E-state index contributed by atoms with van der Waals surface area (Å²) in [6, 6.07) is 3.21. The highest BCUT2D eigenvalue weighted by Gasteiger charge is 2.33. The Hall–Kier alpha value is -1.92. The molecular weight excluding hydrogens is 304 g/mol.